The van der Waals surface area contributed by atoms with Gasteiger partial charge in [-0.1, -0.05) is 0 Å². The number of nitrogens with zero attached hydrogens (tertiary/aromatic N) is 4. The Bertz CT molecular complexity index is 686. The van der Waals surface area contributed by atoms with Crippen molar-refractivity contribution in [2.24, 2.45) is 5.92 Å². The van der Waals surface area contributed by atoms with Gasteiger partial charge in [0.2, 0.25) is 0 Å². The summed E-state index contributed by atoms with van der Waals surface area (Å²) in [6, 6.07) is 3.36. The lowest BCUT2D eigenvalue weighted by molar-refractivity contribution is 0.0868. The van der Waals surface area contributed by atoms with Crippen molar-refractivity contribution >= 4 is 11.6 Å². The molecule has 7 heteroatoms. The summed E-state index contributed by atoms with van der Waals surface area (Å²) in [5.74, 6) is 0.0756. The first kappa shape index (κ1) is 16.4. The molecule has 0 aromatic carbocycles. The summed E-state index contributed by atoms with van der Waals surface area (Å²) in [5, 5.41) is 13.2. The van der Waals surface area contributed by atoms with E-state index < -0.39 is 6.10 Å². The maximum absolute atomic E-state index is 12.4. The Labute approximate surface area is 141 Å². The molecule has 2 heterocycles. The van der Waals surface area contributed by atoms with Gasteiger partial charge in [0, 0.05) is 44.9 Å². The maximum Gasteiger partial charge on any atom is 0.270 e. The number of aliphatic hydroxyl groups excluding tert-OH is 1. The van der Waals surface area contributed by atoms with Crippen LogP contribution in [-0.2, 0) is 6.54 Å². The molecule has 7 nitrogen and oxygen atoms in total. The van der Waals surface area contributed by atoms with Crippen LogP contribution in [0.3, 0.4) is 0 Å². The van der Waals surface area contributed by atoms with Gasteiger partial charge in [-0.2, -0.15) is 0 Å². The van der Waals surface area contributed by atoms with Crippen molar-refractivity contribution < 1.29 is 9.90 Å². The Hall–Kier alpha value is -2.41. The van der Waals surface area contributed by atoms with Gasteiger partial charge < -0.3 is 19.9 Å². The van der Waals surface area contributed by atoms with Crippen LogP contribution >= 0.6 is 0 Å². The molecular formula is C17H23N5O2. The molecular weight excluding hydrogens is 306 g/mol. The van der Waals surface area contributed by atoms with E-state index in [4.69, 9.17) is 0 Å². The van der Waals surface area contributed by atoms with Gasteiger partial charge >= 0.3 is 0 Å². The van der Waals surface area contributed by atoms with Gasteiger partial charge in [-0.25, -0.2) is 4.98 Å². The number of amides is 1. The number of carbonyl (C=O) groups is 1. The second-order valence-electron chi connectivity index (χ2n) is 6.54. The number of nitrogens with one attached hydrogen (secondary N) is 1. The Morgan fingerprint density at radius 3 is 2.96 bits per heavy atom. The standard InChI is InChI=1S/C17H23N5O2/c1-21(2)13-3-4-19-15(9-13)17(24)20-14-7-12(8-16(14)23)10-22-6-5-18-11-22/h3-6,9,11-12,14,16,23H,7-8,10H2,1-2H3,(H,20,24)/t12?,14-,16-/m1/s1. The van der Waals surface area contributed by atoms with E-state index in [-0.39, 0.29) is 11.9 Å². The zero-order valence-corrected chi connectivity index (χ0v) is 14.0. The van der Waals surface area contributed by atoms with Gasteiger partial charge in [0.05, 0.1) is 18.5 Å². The van der Waals surface area contributed by atoms with Crippen molar-refractivity contribution in [2.45, 2.75) is 31.5 Å². The highest BCUT2D eigenvalue weighted by Crippen LogP contribution is 2.27. The molecule has 0 spiro atoms. The largest absolute Gasteiger partial charge is 0.391 e. The quantitative estimate of drug-likeness (QED) is 0.852. The minimum absolute atomic E-state index is 0.240. The van der Waals surface area contributed by atoms with Gasteiger partial charge in [0.15, 0.2) is 0 Å². The summed E-state index contributed by atoms with van der Waals surface area (Å²) in [5.41, 5.74) is 1.28. The second-order valence-corrected chi connectivity index (χ2v) is 6.54. The summed E-state index contributed by atoms with van der Waals surface area (Å²) in [4.78, 5) is 22.5. The number of pyridine rings is 1. The predicted octanol–water partition coefficient (Wildman–Crippen LogP) is 0.914. The third kappa shape index (κ3) is 3.73. The van der Waals surface area contributed by atoms with E-state index in [0.717, 1.165) is 18.7 Å². The smallest absolute Gasteiger partial charge is 0.270 e. The molecule has 2 aromatic heterocycles. The monoisotopic (exact) mass is 329 g/mol. The molecule has 1 saturated carbocycles. The third-order valence-corrected chi connectivity index (χ3v) is 4.46. The molecule has 24 heavy (non-hydrogen) atoms. The van der Waals surface area contributed by atoms with E-state index in [1.54, 1.807) is 24.8 Å². The highest BCUT2D eigenvalue weighted by molar-refractivity contribution is 5.93. The van der Waals surface area contributed by atoms with E-state index in [1.165, 1.54) is 0 Å². The number of imidazole rings is 1. The number of aromatic nitrogens is 3. The lowest BCUT2D eigenvalue weighted by Gasteiger charge is -2.17. The zero-order chi connectivity index (χ0) is 17.1. The average Bonchev–Trinajstić information content (AvgIpc) is 3.18. The van der Waals surface area contributed by atoms with Gasteiger partial charge in [0.1, 0.15) is 5.69 Å². The van der Waals surface area contributed by atoms with E-state index in [9.17, 15) is 9.90 Å². The van der Waals surface area contributed by atoms with Crippen LogP contribution in [0.15, 0.2) is 37.1 Å². The molecule has 1 aliphatic rings. The Kier molecular flexibility index (Phi) is 4.80. The van der Waals surface area contributed by atoms with Crippen LogP contribution in [0, 0.1) is 5.92 Å². The van der Waals surface area contributed by atoms with Gasteiger partial charge in [-0.05, 0) is 30.9 Å². The van der Waals surface area contributed by atoms with E-state index in [0.29, 0.717) is 18.0 Å². The van der Waals surface area contributed by atoms with E-state index in [2.05, 4.69) is 15.3 Å². The summed E-state index contributed by atoms with van der Waals surface area (Å²) >= 11 is 0. The van der Waals surface area contributed by atoms with Crippen LogP contribution < -0.4 is 10.2 Å². The molecule has 3 atom stereocenters. The van der Waals surface area contributed by atoms with Crippen molar-refractivity contribution in [3.05, 3.63) is 42.7 Å². The SMILES string of the molecule is CN(C)c1ccnc(C(=O)N[C@@H]2CC(Cn3ccnc3)C[C@H]2O)c1. The molecule has 128 valence electrons. The number of hydrogen-bond acceptors (Lipinski definition) is 5. The van der Waals surface area contributed by atoms with Crippen molar-refractivity contribution in [1.29, 1.82) is 0 Å². The van der Waals surface area contributed by atoms with Crippen LogP contribution in [0.1, 0.15) is 23.3 Å². The third-order valence-electron chi connectivity index (χ3n) is 4.46. The Morgan fingerprint density at radius 2 is 2.25 bits per heavy atom. The van der Waals surface area contributed by atoms with Crippen molar-refractivity contribution in [2.75, 3.05) is 19.0 Å². The summed E-state index contributed by atoms with van der Waals surface area (Å²) < 4.78 is 2.00. The maximum atomic E-state index is 12.4. The number of carbonyl (C=O) groups excluding carboxylic acids is 1. The van der Waals surface area contributed by atoms with Crippen LogP contribution in [0.25, 0.3) is 0 Å². The fourth-order valence-corrected chi connectivity index (χ4v) is 3.18. The van der Waals surface area contributed by atoms with Crippen LogP contribution in [0.5, 0.6) is 0 Å². The highest BCUT2D eigenvalue weighted by atomic mass is 16.3. The zero-order valence-electron chi connectivity index (χ0n) is 14.0. The van der Waals surface area contributed by atoms with Gasteiger partial charge in [-0.15, -0.1) is 0 Å². The fraction of sp³-hybridized carbons (Fsp3) is 0.471. The highest BCUT2D eigenvalue weighted by Gasteiger charge is 2.34. The van der Waals surface area contributed by atoms with E-state index in [1.807, 2.05) is 35.8 Å². The minimum atomic E-state index is -0.528. The normalized spacial score (nSPS) is 23.2. The lowest BCUT2D eigenvalue weighted by Crippen LogP contribution is -2.40. The molecule has 2 N–H and O–H groups in total. The minimum Gasteiger partial charge on any atom is -0.391 e. The fourth-order valence-electron chi connectivity index (χ4n) is 3.18. The Balaban J connectivity index is 1.61. The number of anilines is 1. The van der Waals surface area contributed by atoms with Crippen LogP contribution in [0.4, 0.5) is 5.69 Å². The van der Waals surface area contributed by atoms with E-state index >= 15 is 0 Å². The molecule has 2 aromatic rings. The number of aliphatic hydroxyl groups is 1. The average molecular weight is 329 g/mol. The van der Waals surface area contributed by atoms with Crippen molar-refractivity contribution in [3.8, 4) is 0 Å². The molecule has 1 fully saturated rings. The van der Waals surface area contributed by atoms with Gasteiger partial charge in [-0.3, -0.25) is 9.78 Å². The van der Waals surface area contributed by atoms with Gasteiger partial charge in [0.25, 0.3) is 5.91 Å². The number of rotatable bonds is 5. The second kappa shape index (κ2) is 7.00. The molecule has 0 saturated heterocycles. The predicted molar refractivity (Wildman–Crippen MR) is 90.8 cm³/mol. The van der Waals surface area contributed by atoms with Crippen molar-refractivity contribution in [1.82, 2.24) is 19.9 Å². The van der Waals surface area contributed by atoms with Crippen molar-refractivity contribution in [3.63, 3.8) is 0 Å². The first-order valence-electron chi connectivity index (χ1n) is 8.11. The summed E-state index contributed by atoms with van der Waals surface area (Å²) in [6.07, 6.45) is 7.95. The molecule has 0 radical (unpaired) electrons. The molecule has 0 bridgehead atoms. The first-order chi connectivity index (χ1) is 11.5. The topological polar surface area (TPSA) is 83.3 Å². The van der Waals surface area contributed by atoms with Crippen LogP contribution in [0.2, 0.25) is 0 Å². The lowest BCUT2D eigenvalue weighted by atomic mass is 10.1. The Morgan fingerprint density at radius 1 is 1.42 bits per heavy atom. The van der Waals surface area contributed by atoms with Crippen LogP contribution in [-0.4, -0.2) is 51.8 Å². The number of hydrogen-bond donors (Lipinski definition) is 2. The first-order valence-corrected chi connectivity index (χ1v) is 8.11. The molecule has 0 aliphatic heterocycles. The molecule has 1 amide bonds. The summed E-state index contributed by atoms with van der Waals surface area (Å²) in [7, 11) is 3.83. The molecule has 1 unspecified atom stereocenters. The molecule has 1 aliphatic carbocycles. The molecule has 3 rings (SSSR count). The summed E-state index contributed by atoms with van der Waals surface area (Å²) in [6.45, 7) is 0.803.